The number of aliphatic hydroxyl groups is 1. The maximum Gasteiger partial charge on any atom is 0.295 e. The molecule has 4 rings (SSSR count). The molecule has 1 aromatic heterocycles. The SMILES string of the molecule is COc1ccc(/C(O)=C2/C(=O)C(=O)N(Cc3cc(C)ccc3C)C2c2ccncc2)cc1C(C)C. The Morgan fingerprint density at radius 2 is 1.77 bits per heavy atom. The Balaban J connectivity index is 1.88. The number of ketones is 1. The topological polar surface area (TPSA) is 79.7 Å². The molecule has 180 valence electrons. The second-order valence-corrected chi connectivity index (χ2v) is 9.25. The standard InChI is InChI=1S/C29H30N2O4/c1-17(2)23-15-21(8-9-24(23)35-5)27(32)25-26(20-10-12-30-13-11-20)31(29(34)28(25)33)16-22-14-18(3)6-7-19(22)4/h6-15,17,26,32H,16H2,1-5H3/b27-25-. The van der Waals surface area contributed by atoms with Gasteiger partial charge in [-0.25, -0.2) is 0 Å². The molecule has 1 atom stereocenters. The molecule has 1 amide bonds. The molecule has 0 bridgehead atoms. The lowest BCUT2D eigenvalue weighted by Gasteiger charge is -2.26. The van der Waals surface area contributed by atoms with Crippen LogP contribution in [0, 0.1) is 13.8 Å². The van der Waals surface area contributed by atoms with Crippen molar-refractivity contribution in [2.75, 3.05) is 7.11 Å². The van der Waals surface area contributed by atoms with Gasteiger partial charge in [0.1, 0.15) is 11.5 Å². The summed E-state index contributed by atoms with van der Waals surface area (Å²) in [6.07, 6.45) is 3.25. The number of Topliss-reactive ketones (excluding diaryl/α,β-unsaturated/α-hetero) is 1. The molecule has 6 heteroatoms. The van der Waals surface area contributed by atoms with Gasteiger partial charge in [-0.3, -0.25) is 14.6 Å². The summed E-state index contributed by atoms with van der Waals surface area (Å²) < 4.78 is 5.47. The van der Waals surface area contributed by atoms with Gasteiger partial charge >= 0.3 is 0 Å². The molecule has 0 saturated carbocycles. The number of aryl methyl sites for hydroxylation is 2. The number of aliphatic hydroxyl groups excluding tert-OH is 1. The van der Waals surface area contributed by atoms with Crippen LogP contribution in [0.5, 0.6) is 5.75 Å². The third-order valence-corrected chi connectivity index (χ3v) is 6.53. The average molecular weight is 471 g/mol. The average Bonchev–Trinajstić information content (AvgIpc) is 3.10. The van der Waals surface area contributed by atoms with Gasteiger partial charge < -0.3 is 14.7 Å². The Morgan fingerprint density at radius 3 is 2.43 bits per heavy atom. The Hall–Kier alpha value is -3.93. The Bertz CT molecular complexity index is 1310. The molecule has 6 nitrogen and oxygen atoms in total. The number of ether oxygens (including phenoxy) is 1. The van der Waals surface area contributed by atoms with Crippen LogP contribution in [0.1, 0.15) is 59.2 Å². The maximum absolute atomic E-state index is 13.3. The van der Waals surface area contributed by atoms with E-state index in [1.807, 2.05) is 52.0 Å². The van der Waals surface area contributed by atoms with Crippen LogP contribution in [0.2, 0.25) is 0 Å². The van der Waals surface area contributed by atoms with E-state index in [1.165, 1.54) is 4.90 Å². The lowest BCUT2D eigenvalue weighted by atomic mass is 9.93. The highest BCUT2D eigenvalue weighted by molar-refractivity contribution is 6.46. The number of hydrogen-bond donors (Lipinski definition) is 1. The fourth-order valence-electron chi connectivity index (χ4n) is 4.58. The quantitative estimate of drug-likeness (QED) is 0.294. The van der Waals surface area contributed by atoms with E-state index in [2.05, 4.69) is 4.98 Å². The van der Waals surface area contributed by atoms with Crippen molar-refractivity contribution in [3.8, 4) is 5.75 Å². The number of rotatable bonds is 6. The van der Waals surface area contributed by atoms with Crippen LogP contribution in [-0.2, 0) is 16.1 Å². The Kier molecular flexibility index (Phi) is 6.74. The number of carbonyl (C=O) groups is 2. The third kappa shape index (κ3) is 4.56. The highest BCUT2D eigenvalue weighted by Gasteiger charge is 2.46. The van der Waals surface area contributed by atoms with Crippen molar-refractivity contribution in [3.05, 3.63) is 99.9 Å². The summed E-state index contributed by atoms with van der Waals surface area (Å²) in [7, 11) is 1.60. The molecule has 0 spiro atoms. The van der Waals surface area contributed by atoms with Gasteiger partial charge in [0, 0.05) is 24.5 Å². The van der Waals surface area contributed by atoms with Gasteiger partial charge in [-0.15, -0.1) is 0 Å². The summed E-state index contributed by atoms with van der Waals surface area (Å²) in [5.74, 6) is -0.681. The van der Waals surface area contributed by atoms with Crippen LogP contribution in [0.15, 0.2) is 66.5 Å². The van der Waals surface area contributed by atoms with E-state index in [9.17, 15) is 14.7 Å². The van der Waals surface area contributed by atoms with Crippen molar-refractivity contribution in [2.24, 2.45) is 0 Å². The molecule has 0 aliphatic carbocycles. The van der Waals surface area contributed by atoms with Crippen molar-refractivity contribution in [2.45, 2.75) is 46.2 Å². The first-order valence-corrected chi connectivity index (χ1v) is 11.7. The first-order valence-electron chi connectivity index (χ1n) is 11.7. The van der Waals surface area contributed by atoms with Crippen molar-refractivity contribution in [1.82, 2.24) is 9.88 Å². The first-order chi connectivity index (χ1) is 16.7. The molecular weight excluding hydrogens is 440 g/mol. The van der Waals surface area contributed by atoms with Crippen molar-refractivity contribution in [1.29, 1.82) is 0 Å². The van der Waals surface area contributed by atoms with Crippen molar-refractivity contribution >= 4 is 17.4 Å². The van der Waals surface area contributed by atoms with E-state index in [4.69, 9.17) is 4.74 Å². The highest BCUT2D eigenvalue weighted by Crippen LogP contribution is 2.41. The summed E-state index contributed by atoms with van der Waals surface area (Å²) in [4.78, 5) is 32.3. The molecule has 2 aromatic carbocycles. The van der Waals surface area contributed by atoms with Gasteiger partial charge in [-0.1, -0.05) is 37.6 Å². The number of pyridine rings is 1. The highest BCUT2D eigenvalue weighted by atomic mass is 16.5. The predicted molar refractivity (Wildman–Crippen MR) is 135 cm³/mol. The number of carbonyl (C=O) groups excluding carboxylic acids is 2. The fraction of sp³-hybridized carbons (Fsp3) is 0.276. The van der Waals surface area contributed by atoms with Gasteiger partial charge in [-0.05, 0) is 72.4 Å². The van der Waals surface area contributed by atoms with Crippen LogP contribution >= 0.6 is 0 Å². The maximum atomic E-state index is 13.3. The summed E-state index contributed by atoms with van der Waals surface area (Å²) >= 11 is 0. The molecule has 3 aromatic rings. The van der Waals surface area contributed by atoms with Gasteiger partial charge in [0.15, 0.2) is 0 Å². The number of nitrogens with zero attached hydrogens (tertiary/aromatic N) is 2. The Morgan fingerprint density at radius 1 is 1.06 bits per heavy atom. The normalized spacial score (nSPS) is 17.3. The van der Waals surface area contributed by atoms with Crippen molar-refractivity contribution < 1.29 is 19.4 Å². The van der Waals surface area contributed by atoms with Gasteiger partial charge in [-0.2, -0.15) is 0 Å². The fourth-order valence-corrected chi connectivity index (χ4v) is 4.58. The minimum absolute atomic E-state index is 0.0754. The molecular formula is C29H30N2O4. The monoisotopic (exact) mass is 470 g/mol. The lowest BCUT2D eigenvalue weighted by Crippen LogP contribution is -2.29. The van der Waals surface area contributed by atoms with E-state index in [1.54, 1.807) is 43.8 Å². The van der Waals surface area contributed by atoms with Crippen LogP contribution in [0.4, 0.5) is 0 Å². The number of aromatic nitrogens is 1. The van der Waals surface area contributed by atoms with Gasteiger partial charge in [0.25, 0.3) is 11.7 Å². The van der Waals surface area contributed by atoms with Gasteiger partial charge in [0.2, 0.25) is 0 Å². The summed E-state index contributed by atoms with van der Waals surface area (Å²) in [6.45, 7) is 8.29. The minimum Gasteiger partial charge on any atom is -0.507 e. The zero-order valence-electron chi connectivity index (χ0n) is 20.7. The van der Waals surface area contributed by atoms with Crippen LogP contribution in [-0.4, -0.2) is 33.8 Å². The van der Waals surface area contributed by atoms with E-state index in [0.29, 0.717) is 16.9 Å². The zero-order chi connectivity index (χ0) is 25.3. The molecule has 1 aliphatic rings. The largest absolute Gasteiger partial charge is 0.507 e. The van der Waals surface area contributed by atoms with Crippen LogP contribution in [0.25, 0.3) is 5.76 Å². The zero-order valence-corrected chi connectivity index (χ0v) is 20.7. The molecule has 1 aliphatic heterocycles. The van der Waals surface area contributed by atoms with E-state index < -0.39 is 17.7 Å². The van der Waals surface area contributed by atoms with E-state index in [0.717, 1.165) is 22.3 Å². The van der Waals surface area contributed by atoms with Crippen LogP contribution < -0.4 is 4.74 Å². The number of likely N-dealkylation sites (tertiary alicyclic amines) is 1. The van der Waals surface area contributed by atoms with Crippen molar-refractivity contribution in [3.63, 3.8) is 0 Å². The number of benzene rings is 2. The third-order valence-electron chi connectivity index (χ3n) is 6.53. The summed E-state index contributed by atoms with van der Waals surface area (Å²) in [5, 5.41) is 11.4. The van der Waals surface area contributed by atoms with E-state index in [-0.39, 0.29) is 23.8 Å². The van der Waals surface area contributed by atoms with Gasteiger partial charge in [0.05, 0.1) is 18.7 Å². The lowest BCUT2D eigenvalue weighted by molar-refractivity contribution is -0.140. The molecule has 2 heterocycles. The number of hydrogen-bond acceptors (Lipinski definition) is 5. The second kappa shape index (κ2) is 9.74. The number of amides is 1. The molecule has 1 unspecified atom stereocenters. The smallest absolute Gasteiger partial charge is 0.295 e. The van der Waals surface area contributed by atoms with E-state index >= 15 is 0 Å². The second-order valence-electron chi connectivity index (χ2n) is 9.25. The molecule has 1 N–H and O–H groups in total. The molecule has 35 heavy (non-hydrogen) atoms. The summed E-state index contributed by atoms with van der Waals surface area (Å²) in [6, 6.07) is 14.2. The molecule has 1 fully saturated rings. The molecule has 0 radical (unpaired) electrons. The Labute approximate surface area is 205 Å². The number of methoxy groups -OCH3 is 1. The summed E-state index contributed by atoms with van der Waals surface area (Å²) in [5.41, 5.74) is 5.22. The predicted octanol–water partition coefficient (Wildman–Crippen LogP) is 5.45. The molecule has 1 saturated heterocycles. The first kappa shape index (κ1) is 24.2. The van der Waals surface area contributed by atoms with Crippen LogP contribution in [0.3, 0.4) is 0 Å². The minimum atomic E-state index is -0.734.